The van der Waals surface area contributed by atoms with Crippen LogP contribution in [0, 0.1) is 26.2 Å². The van der Waals surface area contributed by atoms with Crippen LogP contribution in [0.5, 0.6) is 5.75 Å². The average molecular weight is 341 g/mol. The van der Waals surface area contributed by atoms with Gasteiger partial charge < -0.3 is 9.67 Å². The van der Waals surface area contributed by atoms with E-state index in [0.29, 0.717) is 5.69 Å². The van der Waals surface area contributed by atoms with Crippen molar-refractivity contribution in [1.82, 2.24) is 10.0 Å². The van der Waals surface area contributed by atoms with E-state index in [1.165, 1.54) is 0 Å². The van der Waals surface area contributed by atoms with Crippen LogP contribution in [0.15, 0.2) is 35.7 Å². The third kappa shape index (κ3) is 2.60. The van der Waals surface area contributed by atoms with Crippen LogP contribution < -0.4 is 5.48 Å². The van der Waals surface area contributed by atoms with Crippen LogP contribution in [0.2, 0.25) is 0 Å². The first-order valence-electron chi connectivity index (χ1n) is 7.50. The van der Waals surface area contributed by atoms with Crippen LogP contribution in [0.1, 0.15) is 21.7 Å². The fourth-order valence-corrected chi connectivity index (χ4v) is 3.80. The molecular formula is C18H19N3O2S. The lowest BCUT2D eigenvalue weighted by molar-refractivity contribution is 0.233. The highest BCUT2D eigenvalue weighted by molar-refractivity contribution is 7.10. The van der Waals surface area contributed by atoms with Crippen LogP contribution in [-0.2, 0) is 0 Å². The zero-order valence-electron chi connectivity index (χ0n) is 13.7. The van der Waals surface area contributed by atoms with Gasteiger partial charge in [0.15, 0.2) is 5.84 Å². The molecule has 0 saturated carbocycles. The van der Waals surface area contributed by atoms with E-state index in [2.05, 4.69) is 5.38 Å². The number of nitrogens with zero attached hydrogens (tertiary/aromatic N) is 1. The molecule has 2 heterocycles. The largest absolute Gasteiger partial charge is 0.508 e. The summed E-state index contributed by atoms with van der Waals surface area (Å²) < 4.78 is 1.99. The summed E-state index contributed by atoms with van der Waals surface area (Å²) >= 11 is 1.66. The molecule has 124 valence electrons. The molecule has 4 N–H and O–H groups in total. The van der Waals surface area contributed by atoms with E-state index in [1.807, 2.05) is 49.0 Å². The van der Waals surface area contributed by atoms with Gasteiger partial charge in [-0.25, -0.2) is 0 Å². The van der Waals surface area contributed by atoms with Gasteiger partial charge in [-0.05, 0) is 73.2 Å². The van der Waals surface area contributed by atoms with Crippen molar-refractivity contribution in [2.45, 2.75) is 20.8 Å². The van der Waals surface area contributed by atoms with Gasteiger partial charge in [0.2, 0.25) is 0 Å². The van der Waals surface area contributed by atoms with E-state index in [1.54, 1.807) is 23.5 Å². The maximum Gasteiger partial charge on any atom is 0.167 e. The molecule has 0 aliphatic carbocycles. The lowest BCUT2D eigenvalue weighted by atomic mass is 10.1. The van der Waals surface area contributed by atoms with Gasteiger partial charge >= 0.3 is 0 Å². The zero-order chi connectivity index (χ0) is 17.4. The van der Waals surface area contributed by atoms with E-state index < -0.39 is 0 Å². The van der Waals surface area contributed by atoms with Gasteiger partial charge in [-0.15, -0.1) is 11.3 Å². The van der Waals surface area contributed by atoms with Crippen molar-refractivity contribution in [3.63, 3.8) is 0 Å². The molecule has 0 aliphatic heterocycles. The van der Waals surface area contributed by atoms with Gasteiger partial charge in [-0.2, -0.15) is 0 Å². The number of amidine groups is 1. The van der Waals surface area contributed by atoms with Crippen molar-refractivity contribution in [2.24, 2.45) is 0 Å². The molecule has 0 aliphatic rings. The van der Waals surface area contributed by atoms with Crippen molar-refractivity contribution in [3.05, 3.63) is 57.4 Å². The molecule has 3 rings (SSSR count). The number of benzene rings is 1. The number of aryl methyl sites for hydroxylation is 3. The number of phenols is 1. The molecule has 3 aromatic rings. The second kappa shape index (κ2) is 6.14. The lowest BCUT2D eigenvalue weighted by Crippen LogP contribution is -2.23. The Morgan fingerprint density at radius 2 is 1.79 bits per heavy atom. The fraction of sp³-hybridized carbons (Fsp3) is 0.167. The summed E-state index contributed by atoms with van der Waals surface area (Å²) in [6.45, 7) is 6.00. The third-order valence-corrected chi connectivity index (χ3v) is 5.06. The normalized spacial score (nSPS) is 10.8. The van der Waals surface area contributed by atoms with Crippen LogP contribution >= 0.6 is 11.3 Å². The highest BCUT2D eigenvalue weighted by Crippen LogP contribution is 2.35. The van der Waals surface area contributed by atoms with Gasteiger partial charge in [0.1, 0.15) is 5.75 Å². The van der Waals surface area contributed by atoms with E-state index in [9.17, 15) is 10.3 Å². The van der Waals surface area contributed by atoms with Gasteiger partial charge in [0.05, 0.1) is 17.1 Å². The Bertz CT molecular complexity index is 888. The zero-order valence-corrected chi connectivity index (χ0v) is 14.5. The summed E-state index contributed by atoms with van der Waals surface area (Å²) in [6.07, 6.45) is 0. The second-order valence-electron chi connectivity index (χ2n) is 5.75. The molecule has 0 unspecified atom stereocenters. The first-order chi connectivity index (χ1) is 11.4. The van der Waals surface area contributed by atoms with E-state index in [0.717, 1.165) is 32.9 Å². The summed E-state index contributed by atoms with van der Waals surface area (Å²) in [5, 5.41) is 29.0. The second-order valence-corrected chi connectivity index (χ2v) is 6.84. The molecule has 0 spiro atoms. The molecule has 24 heavy (non-hydrogen) atoms. The number of rotatable bonds is 3. The first-order valence-corrected chi connectivity index (χ1v) is 8.37. The number of hydrogen-bond acceptors (Lipinski definition) is 4. The van der Waals surface area contributed by atoms with Crippen LogP contribution in [0.25, 0.3) is 16.9 Å². The Morgan fingerprint density at radius 3 is 2.33 bits per heavy atom. The van der Waals surface area contributed by atoms with Crippen molar-refractivity contribution in [1.29, 1.82) is 5.41 Å². The molecule has 6 heteroatoms. The minimum Gasteiger partial charge on any atom is -0.508 e. The fourth-order valence-electron chi connectivity index (χ4n) is 2.97. The molecule has 1 aromatic carbocycles. The highest BCUT2D eigenvalue weighted by Gasteiger charge is 2.21. The lowest BCUT2D eigenvalue weighted by Gasteiger charge is -2.16. The predicted octanol–water partition coefficient (Wildman–Crippen LogP) is 4.14. The number of thiophene rings is 1. The summed E-state index contributed by atoms with van der Waals surface area (Å²) in [7, 11) is 0. The monoisotopic (exact) mass is 341 g/mol. The highest BCUT2D eigenvalue weighted by atomic mass is 32.1. The Morgan fingerprint density at radius 1 is 1.12 bits per heavy atom. The van der Waals surface area contributed by atoms with Gasteiger partial charge in [-0.3, -0.25) is 16.1 Å². The topological polar surface area (TPSA) is 81.3 Å². The minimum atomic E-state index is -0.0532. The van der Waals surface area contributed by atoms with Crippen molar-refractivity contribution < 1.29 is 10.3 Å². The van der Waals surface area contributed by atoms with Gasteiger partial charge in [0.25, 0.3) is 0 Å². The smallest absolute Gasteiger partial charge is 0.167 e. The summed E-state index contributed by atoms with van der Waals surface area (Å²) in [4.78, 5) is 1.13. The maximum absolute atomic E-state index is 9.55. The number of nitrogens with one attached hydrogen (secondary N) is 2. The van der Waals surface area contributed by atoms with E-state index in [4.69, 9.17) is 5.41 Å². The average Bonchev–Trinajstić information content (AvgIpc) is 3.06. The Hall–Kier alpha value is -2.57. The maximum atomic E-state index is 9.55. The Kier molecular flexibility index (Phi) is 4.17. The van der Waals surface area contributed by atoms with Crippen molar-refractivity contribution in [3.8, 4) is 22.7 Å². The quantitative estimate of drug-likeness (QED) is 0.328. The minimum absolute atomic E-state index is 0.0532. The van der Waals surface area contributed by atoms with E-state index in [-0.39, 0.29) is 11.6 Å². The van der Waals surface area contributed by atoms with Gasteiger partial charge in [-0.1, -0.05) is 0 Å². The van der Waals surface area contributed by atoms with Crippen LogP contribution in [0.3, 0.4) is 0 Å². The molecule has 0 saturated heterocycles. The van der Waals surface area contributed by atoms with E-state index >= 15 is 0 Å². The Labute approximate surface area is 144 Å². The molecule has 0 bridgehead atoms. The number of aromatic nitrogens is 1. The van der Waals surface area contributed by atoms with Crippen LogP contribution in [0.4, 0.5) is 0 Å². The first kappa shape index (κ1) is 16.3. The molecule has 0 atom stereocenters. The van der Waals surface area contributed by atoms with Gasteiger partial charge in [0, 0.05) is 4.88 Å². The molecule has 0 radical (unpaired) electrons. The van der Waals surface area contributed by atoms with Crippen molar-refractivity contribution >= 4 is 17.2 Å². The predicted molar refractivity (Wildman–Crippen MR) is 96.7 cm³/mol. The van der Waals surface area contributed by atoms with Crippen LogP contribution in [-0.4, -0.2) is 20.7 Å². The number of hydroxylamine groups is 1. The molecule has 0 fully saturated rings. The van der Waals surface area contributed by atoms with Crippen molar-refractivity contribution in [2.75, 3.05) is 0 Å². The number of phenolic OH excluding ortho intramolecular Hbond substituents is 1. The number of hydrogen-bond donors (Lipinski definition) is 4. The molecular weight excluding hydrogens is 322 g/mol. The summed E-state index contributed by atoms with van der Waals surface area (Å²) in [5.74, 6) is 0.156. The third-order valence-electron chi connectivity index (χ3n) is 4.05. The summed E-state index contributed by atoms with van der Waals surface area (Å²) in [5.41, 5.74) is 7.43. The molecule has 5 nitrogen and oxygen atoms in total. The SMILES string of the molecule is Cc1csc(C)c1-n1c(-c2ccc(O)cc2)cc(C)c1C(=N)NO. The standard InChI is InChI=1S/C18H19N3O2S/c1-10-8-15(13-4-6-14(22)7-5-13)21(17(10)18(19)20-23)16-11(2)9-24-12(16)3/h4-9,22-23H,1-3H3,(H2,19,20). The molecule has 0 amide bonds. The summed E-state index contributed by atoms with van der Waals surface area (Å²) in [6, 6.07) is 8.97. The Balaban J connectivity index is 2.35. The molecule has 2 aromatic heterocycles. The number of aromatic hydroxyl groups is 1.